The quantitative estimate of drug-likeness (QED) is 0.853. The molecule has 142 valence electrons. The lowest BCUT2D eigenvalue weighted by molar-refractivity contribution is -0.137. The zero-order chi connectivity index (χ0) is 17.9. The van der Waals surface area contributed by atoms with Crippen LogP contribution in [0.5, 0.6) is 5.75 Å². The van der Waals surface area contributed by atoms with Gasteiger partial charge in [0.1, 0.15) is 5.75 Å². The fraction of sp³-hybridized carbons (Fsp3) is 0.650. The van der Waals surface area contributed by atoms with Crippen molar-refractivity contribution in [3.05, 3.63) is 29.8 Å². The number of hydrogen-bond donors (Lipinski definition) is 1. The minimum absolute atomic E-state index is 0.0168. The molecule has 1 aromatic rings. The Bertz CT molecular complexity index is 601. The first-order valence-electron chi connectivity index (χ1n) is 9.65. The van der Waals surface area contributed by atoms with Crippen molar-refractivity contribution in [2.75, 3.05) is 46.0 Å². The first kappa shape index (κ1) is 17.8. The van der Waals surface area contributed by atoms with Gasteiger partial charge in [-0.3, -0.25) is 9.69 Å². The summed E-state index contributed by atoms with van der Waals surface area (Å²) in [6, 6.07) is 8.06. The summed E-state index contributed by atoms with van der Waals surface area (Å²) in [5, 5.41) is 9.75. The Morgan fingerprint density at radius 3 is 2.42 bits per heavy atom. The predicted molar refractivity (Wildman–Crippen MR) is 96.8 cm³/mol. The van der Waals surface area contributed by atoms with E-state index >= 15 is 0 Å². The number of fused-ring (bicyclic) bond motifs is 1. The van der Waals surface area contributed by atoms with Crippen LogP contribution in [-0.4, -0.2) is 72.9 Å². The van der Waals surface area contributed by atoms with Gasteiger partial charge in [0.05, 0.1) is 19.3 Å². The number of likely N-dealkylation sites (tertiary alicyclic amines) is 1. The van der Waals surface area contributed by atoms with Crippen LogP contribution >= 0.6 is 0 Å². The Hall–Kier alpha value is -1.63. The molecule has 1 aromatic carbocycles. The number of benzene rings is 1. The summed E-state index contributed by atoms with van der Waals surface area (Å²) in [4.78, 5) is 16.4. The van der Waals surface area contributed by atoms with E-state index in [0.29, 0.717) is 38.1 Å². The maximum atomic E-state index is 12.1. The highest BCUT2D eigenvalue weighted by atomic mass is 16.5. The van der Waals surface area contributed by atoms with Crippen molar-refractivity contribution in [1.29, 1.82) is 0 Å². The number of hydrogen-bond acceptors (Lipinski definition) is 5. The lowest BCUT2D eigenvalue weighted by Gasteiger charge is -2.26. The zero-order valence-electron chi connectivity index (χ0n) is 15.2. The molecule has 6 heteroatoms. The topological polar surface area (TPSA) is 62.2 Å². The van der Waals surface area contributed by atoms with Gasteiger partial charge in [0.2, 0.25) is 0 Å². The molecule has 0 radical (unpaired) electrons. The molecule has 0 spiro atoms. The van der Waals surface area contributed by atoms with Crippen LogP contribution in [-0.2, 0) is 16.1 Å². The summed E-state index contributed by atoms with van der Waals surface area (Å²) < 4.78 is 10.9. The molecule has 1 aliphatic carbocycles. The molecule has 1 N–H and O–H groups in total. The molecule has 3 aliphatic rings. The fourth-order valence-electron chi connectivity index (χ4n) is 4.49. The Labute approximate surface area is 154 Å². The second kappa shape index (κ2) is 7.94. The van der Waals surface area contributed by atoms with Gasteiger partial charge in [0.25, 0.3) is 5.91 Å². The van der Waals surface area contributed by atoms with E-state index in [1.807, 2.05) is 12.1 Å². The predicted octanol–water partition coefficient (Wildman–Crippen LogP) is 1.13. The van der Waals surface area contributed by atoms with Crippen LogP contribution in [0.15, 0.2) is 24.3 Å². The highest BCUT2D eigenvalue weighted by Gasteiger charge is 2.39. The molecule has 2 saturated heterocycles. The van der Waals surface area contributed by atoms with Crippen molar-refractivity contribution in [3.8, 4) is 5.75 Å². The number of morpholine rings is 1. The number of aliphatic hydroxyl groups is 1. The van der Waals surface area contributed by atoms with Crippen molar-refractivity contribution < 1.29 is 19.4 Å². The highest BCUT2D eigenvalue weighted by Crippen LogP contribution is 2.38. The van der Waals surface area contributed by atoms with Gasteiger partial charge in [0.15, 0.2) is 6.61 Å². The van der Waals surface area contributed by atoms with E-state index in [1.54, 1.807) is 4.90 Å². The average Bonchev–Trinajstić information content (AvgIpc) is 3.18. The summed E-state index contributed by atoms with van der Waals surface area (Å²) in [6.45, 7) is 5.72. The molecule has 26 heavy (non-hydrogen) atoms. The number of nitrogens with zero attached hydrogens (tertiary/aromatic N) is 2. The van der Waals surface area contributed by atoms with E-state index < -0.39 is 0 Å². The average molecular weight is 360 g/mol. The standard InChI is InChI=1S/C20H28N2O4/c23-18-9-16-12-21(13-17(16)10-18)11-15-1-3-19(4-2-15)26-14-20(24)22-5-7-25-8-6-22/h1-4,16-18,23H,5-14H2/t16-,17+,18?. The number of carbonyl (C=O) groups is 1. The van der Waals surface area contributed by atoms with Crippen LogP contribution in [0.3, 0.4) is 0 Å². The number of ether oxygens (including phenoxy) is 2. The normalized spacial score (nSPS) is 29.0. The highest BCUT2D eigenvalue weighted by molar-refractivity contribution is 5.77. The maximum Gasteiger partial charge on any atom is 0.260 e. The molecular formula is C20H28N2O4. The van der Waals surface area contributed by atoms with Gasteiger partial charge in [-0.15, -0.1) is 0 Å². The van der Waals surface area contributed by atoms with E-state index in [2.05, 4.69) is 17.0 Å². The lowest BCUT2D eigenvalue weighted by atomic mass is 10.0. The third kappa shape index (κ3) is 4.19. The van der Waals surface area contributed by atoms with E-state index in [-0.39, 0.29) is 18.6 Å². The minimum atomic E-state index is -0.0799. The second-order valence-electron chi connectivity index (χ2n) is 7.77. The monoisotopic (exact) mass is 360 g/mol. The molecule has 3 fully saturated rings. The van der Waals surface area contributed by atoms with E-state index in [9.17, 15) is 9.90 Å². The van der Waals surface area contributed by atoms with E-state index in [0.717, 1.165) is 38.2 Å². The molecule has 1 saturated carbocycles. The second-order valence-corrected chi connectivity index (χ2v) is 7.77. The van der Waals surface area contributed by atoms with Gasteiger partial charge in [-0.2, -0.15) is 0 Å². The molecule has 2 aliphatic heterocycles. The third-order valence-electron chi connectivity index (χ3n) is 5.86. The van der Waals surface area contributed by atoms with Crippen LogP contribution < -0.4 is 4.74 Å². The largest absolute Gasteiger partial charge is 0.484 e. The molecule has 6 nitrogen and oxygen atoms in total. The van der Waals surface area contributed by atoms with Crippen molar-refractivity contribution in [2.45, 2.75) is 25.5 Å². The van der Waals surface area contributed by atoms with E-state index in [4.69, 9.17) is 9.47 Å². The summed E-state index contributed by atoms with van der Waals surface area (Å²) in [6.07, 6.45) is 1.85. The molecular weight excluding hydrogens is 332 g/mol. The van der Waals surface area contributed by atoms with Crippen LogP contribution in [0.2, 0.25) is 0 Å². The van der Waals surface area contributed by atoms with E-state index in [1.165, 1.54) is 5.56 Å². The molecule has 3 atom stereocenters. The van der Waals surface area contributed by atoms with Crippen molar-refractivity contribution >= 4 is 5.91 Å². The van der Waals surface area contributed by atoms with Gasteiger partial charge in [-0.25, -0.2) is 0 Å². The van der Waals surface area contributed by atoms with Gasteiger partial charge in [-0.1, -0.05) is 12.1 Å². The van der Waals surface area contributed by atoms with Crippen molar-refractivity contribution in [2.24, 2.45) is 11.8 Å². The third-order valence-corrected chi connectivity index (χ3v) is 5.86. The number of aliphatic hydroxyl groups excluding tert-OH is 1. The number of carbonyl (C=O) groups excluding carboxylic acids is 1. The van der Waals surface area contributed by atoms with Gasteiger partial charge in [0, 0.05) is 32.7 Å². The molecule has 2 heterocycles. The lowest BCUT2D eigenvalue weighted by Crippen LogP contribution is -2.42. The zero-order valence-corrected chi connectivity index (χ0v) is 15.2. The first-order valence-corrected chi connectivity index (χ1v) is 9.65. The van der Waals surface area contributed by atoms with Crippen LogP contribution in [0.25, 0.3) is 0 Å². The van der Waals surface area contributed by atoms with Crippen LogP contribution in [0.1, 0.15) is 18.4 Å². The number of amides is 1. The molecule has 1 amide bonds. The molecule has 0 bridgehead atoms. The smallest absolute Gasteiger partial charge is 0.260 e. The van der Waals surface area contributed by atoms with Crippen LogP contribution in [0.4, 0.5) is 0 Å². The Balaban J connectivity index is 1.23. The van der Waals surface area contributed by atoms with Gasteiger partial charge >= 0.3 is 0 Å². The van der Waals surface area contributed by atoms with Gasteiger partial charge in [-0.05, 0) is 42.4 Å². The molecule has 0 aromatic heterocycles. The Kier molecular flexibility index (Phi) is 5.43. The van der Waals surface area contributed by atoms with Crippen molar-refractivity contribution in [1.82, 2.24) is 9.80 Å². The summed E-state index contributed by atoms with van der Waals surface area (Å²) in [5.41, 5.74) is 1.26. The molecule has 4 rings (SSSR count). The Morgan fingerprint density at radius 2 is 1.77 bits per heavy atom. The SMILES string of the molecule is O=C(COc1ccc(CN2C[C@H]3CC(O)C[C@H]3C2)cc1)N1CCOCC1. The van der Waals surface area contributed by atoms with Crippen LogP contribution in [0, 0.1) is 11.8 Å². The molecule has 1 unspecified atom stereocenters. The summed E-state index contributed by atoms with van der Waals surface area (Å²) in [7, 11) is 0. The summed E-state index contributed by atoms with van der Waals surface area (Å²) in [5.74, 6) is 2.08. The first-order chi connectivity index (χ1) is 12.7. The Morgan fingerprint density at radius 1 is 1.12 bits per heavy atom. The maximum absolute atomic E-state index is 12.1. The summed E-state index contributed by atoms with van der Waals surface area (Å²) >= 11 is 0. The van der Waals surface area contributed by atoms with Crippen molar-refractivity contribution in [3.63, 3.8) is 0 Å². The van der Waals surface area contributed by atoms with Gasteiger partial charge < -0.3 is 19.5 Å². The minimum Gasteiger partial charge on any atom is -0.484 e. The fourth-order valence-corrected chi connectivity index (χ4v) is 4.49. The number of rotatable bonds is 5.